The van der Waals surface area contributed by atoms with E-state index in [2.05, 4.69) is 10.2 Å². The van der Waals surface area contributed by atoms with Crippen LogP contribution in [0.5, 0.6) is 5.75 Å². The molecule has 0 aromatic heterocycles. The van der Waals surface area contributed by atoms with E-state index >= 15 is 0 Å². The number of halogens is 1. The van der Waals surface area contributed by atoms with E-state index in [0.717, 1.165) is 36.9 Å². The normalized spacial score (nSPS) is 15.6. The molecule has 1 atom stereocenters. The first-order valence-corrected chi connectivity index (χ1v) is 9.76. The monoisotopic (exact) mass is 419 g/mol. The SMILES string of the molecule is COc1cc([N+](=O)[O-])ccc1NC(=O)[C@@H](C)[NH+]1CCN(c2ccccc2Cl)CC1. The third-order valence-electron chi connectivity index (χ3n) is 5.26. The Bertz CT molecular complexity index is 900. The minimum absolute atomic E-state index is 0.0887. The number of non-ortho nitro benzene ring substituents is 1. The summed E-state index contributed by atoms with van der Waals surface area (Å²) in [6.45, 7) is 5.09. The van der Waals surface area contributed by atoms with Crippen LogP contribution >= 0.6 is 11.6 Å². The van der Waals surface area contributed by atoms with Crippen molar-refractivity contribution in [2.45, 2.75) is 13.0 Å². The van der Waals surface area contributed by atoms with E-state index < -0.39 is 4.92 Å². The second-order valence-electron chi connectivity index (χ2n) is 6.95. The van der Waals surface area contributed by atoms with Gasteiger partial charge >= 0.3 is 0 Å². The molecule has 1 heterocycles. The van der Waals surface area contributed by atoms with Crippen LogP contribution < -0.4 is 19.9 Å². The third-order valence-corrected chi connectivity index (χ3v) is 5.58. The van der Waals surface area contributed by atoms with Crippen molar-refractivity contribution in [3.63, 3.8) is 0 Å². The predicted molar refractivity (Wildman–Crippen MR) is 112 cm³/mol. The Kier molecular flexibility index (Phi) is 6.56. The number of piperazine rings is 1. The highest BCUT2D eigenvalue weighted by atomic mass is 35.5. The lowest BCUT2D eigenvalue weighted by Gasteiger charge is -2.36. The number of quaternary nitrogens is 1. The number of nitro benzene ring substituents is 1. The number of nitrogens with one attached hydrogen (secondary N) is 2. The van der Waals surface area contributed by atoms with Gasteiger partial charge in [-0.2, -0.15) is 0 Å². The van der Waals surface area contributed by atoms with Crippen molar-refractivity contribution in [2.75, 3.05) is 43.5 Å². The van der Waals surface area contributed by atoms with Crippen LogP contribution in [0.3, 0.4) is 0 Å². The molecule has 29 heavy (non-hydrogen) atoms. The van der Waals surface area contributed by atoms with Crippen LogP contribution in [-0.4, -0.2) is 50.2 Å². The second-order valence-corrected chi connectivity index (χ2v) is 7.36. The van der Waals surface area contributed by atoms with Gasteiger partial charge in [0.15, 0.2) is 6.04 Å². The topological polar surface area (TPSA) is 89.1 Å². The largest absolute Gasteiger partial charge is 0.494 e. The van der Waals surface area contributed by atoms with E-state index in [1.807, 2.05) is 31.2 Å². The van der Waals surface area contributed by atoms with Crippen LogP contribution in [0.1, 0.15) is 6.92 Å². The zero-order chi connectivity index (χ0) is 21.0. The van der Waals surface area contributed by atoms with Gasteiger partial charge in [-0.15, -0.1) is 0 Å². The Morgan fingerprint density at radius 2 is 1.97 bits per heavy atom. The molecule has 0 spiro atoms. The minimum Gasteiger partial charge on any atom is -0.494 e. The van der Waals surface area contributed by atoms with E-state index in [0.29, 0.717) is 5.69 Å². The summed E-state index contributed by atoms with van der Waals surface area (Å²) < 4.78 is 5.19. The number of rotatable bonds is 6. The molecule has 2 aromatic rings. The predicted octanol–water partition coefficient (Wildman–Crippen LogP) is 1.99. The summed E-state index contributed by atoms with van der Waals surface area (Å²) in [5.41, 5.74) is 1.35. The van der Waals surface area contributed by atoms with Gasteiger partial charge in [0.2, 0.25) is 0 Å². The first kappa shape index (κ1) is 20.9. The number of methoxy groups -OCH3 is 1. The first-order valence-electron chi connectivity index (χ1n) is 9.38. The van der Waals surface area contributed by atoms with Gasteiger partial charge in [0.25, 0.3) is 11.6 Å². The van der Waals surface area contributed by atoms with Crippen molar-refractivity contribution in [3.05, 3.63) is 57.6 Å². The summed E-state index contributed by atoms with van der Waals surface area (Å²) in [6, 6.07) is 11.6. The summed E-state index contributed by atoms with van der Waals surface area (Å²) in [5, 5.41) is 14.5. The van der Waals surface area contributed by atoms with Crippen molar-refractivity contribution in [3.8, 4) is 5.75 Å². The Labute approximate surface area is 174 Å². The summed E-state index contributed by atoms with van der Waals surface area (Å²) in [4.78, 5) is 26.6. The highest BCUT2D eigenvalue weighted by Gasteiger charge is 2.30. The molecule has 0 radical (unpaired) electrons. The molecule has 1 saturated heterocycles. The van der Waals surface area contributed by atoms with Crippen molar-refractivity contribution in [1.29, 1.82) is 0 Å². The fraction of sp³-hybridized carbons (Fsp3) is 0.350. The summed E-state index contributed by atoms with van der Waals surface area (Å²) in [6.07, 6.45) is 0. The fourth-order valence-corrected chi connectivity index (χ4v) is 3.75. The molecule has 2 aromatic carbocycles. The molecule has 8 nitrogen and oxygen atoms in total. The fourth-order valence-electron chi connectivity index (χ4n) is 3.50. The molecule has 1 fully saturated rings. The van der Waals surface area contributed by atoms with Crippen LogP contribution in [0.15, 0.2) is 42.5 Å². The van der Waals surface area contributed by atoms with E-state index in [4.69, 9.17) is 16.3 Å². The van der Waals surface area contributed by atoms with Crippen molar-refractivity contribution < 1.29 is 19.4 Å². The number of hydrogen-bond donors (Lipinski definition) is 2. The lowest BCUT2D eigenvalue weighted by molar-refractivity contribution is -0.914. The molecule has 0 unspecified atom stereocenters. The molecule has 3 rings (SSSR count). The van der Waals surface area contributed by atoms with E-state index in [-0.39, 0.29) is 23.4 Å². The molecule has 0 saturated carbocycles. The van der Waals surface area contributed by atoms with Gasteiger partial charge in [-0.05, 0) is 25.1 Å². The average Bonchev–Trinajstić information content (AvgIpc) is 2.73. The molecular weight excluding hydrogens is 396 g/mol. The molecule has 0 bridgehead atoms. The molecule has 1 aliphatic rings. The number of amides is 1. The zero-order valence-electron chi connectivity index (χ0n) is 16.4. The van der Waals surface area contributed by atoms with E-state index in [1.165, 1.54) is 30.2 Å². The molecule has 1 aliphatic heterocycles. The van der Waals surface area contributed by atoms with Crippen LogP contribution in [0.4, 0.5) is 17.1 Å². The number of carbonyl (C=O) groups excluding carboxylic acids is 1. The Hall–Kier alpha value is -2.84. The van der Waals surface area contributed by atoms with E-state index in [9.17, 15) is 14.9 Å². The van der Waals surface area contributed by atoms with Crippen molar-refractivity contribution >= 4 is 34.6 Å². The van der Waals surface area contributed by atoms with Gasteiger partial charge in [-0.25, -0.2) is 0 Å². The third kappa shape index (κ3) is 4.78. The number of benzene rings is 2. The van der Waals surface area contributed by atoms with Gasteiger partial charge in [-0.1, -0.05) is 23.7 Å². The number of ether oxygens (including phenoxy) is 1. The van der Waals surface area contributed by atoms with E-state index in [1.54, 1.807) is 0 Å². The highest BCUT2D eigenvalue weighted by molar-refractivity contribution is 6.33. The summed E-state index contributed by atoms with van der Waals surface area (Å²) >= 11 is 6.29. The number of nitro groups is 1. The molecule has 9 heteroatoms. The van der Waals surface area contributed by atoms with Crippen LogP contribution in [0.25, 0.3) is 0 Å². The molecule has 2 N–H and O–H groups in total. The quantitative estimate of drug-likeness (QED) is 0.552. The van der Waals surface area contributed by atoms with Gasteiger partial charge < -0.3 is 19.9 Å². The number of hydrogen-bond acceptors (Lipinski definition) is 5. The maximum absolute atomic E-state index is 12.7. The zero-order valence-corrected chi connectivity index (χ0v) is 17.1. The molecule has 1 amide bonds. The lowest BCUT2D eigenvalue weighted by Crippen LogP contribution is -3.19. The molecular formula is C20H24ClN4O4+. The standard InChI is InChI=1S/C20H23ClN4O4/c1-14(20(26)22-17-8-7-15(25(27)28)13-19(17)29-2)23-9-11-24(12-10-23)18-6-4-3-5-16(18)21/h3-8,13-14H,9-12H2,1-2H3,(H,22,26)/p+1/t14-/m1/s1. The maximum atomic E-state index is 12.7. The number of anilines is 2. The number of nitrogens with zero attached hydrogens (tertiary/aromatic N) is 2. The van der Waals surface area contributed by atoms with Crippen LogP contribution in [0, 0.1) is 10.1 Å². The summed E-state index contributed by atoms with van der Waals surface area (Å²) in [7, 11) is 1.41. The first-order chi connectivity index (χ1) is 13.9. The van der Waals surface area contributed by atoms with Gasteiger partial charge in [-0.3, -0.25) is 14.9 Å². The maximum Gasteiger partial charge on any atom is 0.282 e. The van der Waals surface area contributed by atoms with Crippen LogP contribution in [-0.2, 0) is 4.79 Å². The lowest BCUT2D eigenvalue weighted by atomic mass is 10.2. The van der Waals surface area contributed by atoms with Crippen molar-refractivity contribution in [2.24, 2.45) is 0 Å². The van der Waals surface area contributed by atoms with Crippen LogP contribution in [0.2, 0.25) is 5.02 Å². The number of para-hydroxylation sites is 1. The smallest absolute Gasteiger partial charge is 0.282 e. The van der Waals surface area contributed by atoms with Gasteiger partial charge in [0.05, 0.1) is 60.7 Å². The Balaban J connectivity index is 1.61. The summed E-state index contributed by atoms with van der Waals surface area (Å²) in [5.74, 6) is 0.108. The highest BCUT2D eigenvalue weighted by Crippen LogP contribution is 2.29. The van der Waals surface area contributed by atoms with Gasteiger partial charge in [0.1, 0.15) is 5.75 Å². The molecule has 154 valence electrons. The Morgan fingerprint density at radius 1 is 1.28 bits per heavy atom. The number of carbonyl (C=O) groups is 1. The molecule has 0 aliphatic carbocycles. The average molecular weight is 420 g/mol. The Morgan fingerprint density at radius 3 is 2.59 bits per heavy atom. The minimum atomic E-state index is -0.501. The van der Waals surface area contributed by atoms with Gasteiger partial charge in [0, 0.05) is 6.07 Å². The second kappa shape index (κ2) is 9.11. The van der Waals surface area contributed by atoms with Crippen molar-refractivity contribution in [1.82, 2.24) is 0 Å².